The first-order valence-electron chi connectivity index (χ1n) is 7.60. The number of amides is 2. The van der Waals surface area contributed by atoms with Gasteiger partial charge in [0.1, 0.15) is 0 Å². The van der Waals surface area contributed by atoms with Gasteiger partial charge in [-0.15, -0.1) is 0 Å². The molecule has 2 amide bonds. The van der Waals surface area contributed by atoms with Crippen molar-refractivity contribution in [3.63, 3.8) is 0 Å². The predicted octanol–water partition coefficient (Wildman–Crippen LogP) is 2.06. The van der Waals surface area contributed by atoms with E-state index >= 15 is 0 Å². The van der Waals surface area contributed by atoms with Crippen LogP contribution in [-0.4, -0.2) is 28.0 Å². The van der Waals surface area contributed by atoms with Crippen molar-refractivity contribution in [1.29, 1.82) is 5.26 Å². The van der Waals surface area contributed by atoms with E-state index in [1.54, 1.807) is 42.3 Å². The van der Waals surface area contributed by atoms with Gasteiger partial charge in [0.25, 0.3) is 10.0 Å². The third kappa shape index (κ3) is 3.27. The Morgan fingerprint density at radius 2 is 2.04 bits per heavy atom. The summed E-state index contributed by atoms with van der Waals surface area (Å²) >= 11 is 0. The SMILES string of the molecule is CNC(=O)N1CCc2cc(S(=O)(=O)Nc3cccc(C#N)c3)ccc21. The molecule has 1 heterocycles. The third-order valence-electron chi connectivity index (χ3n) is 3.96. The second kappa shape index (κ2) is 6.45. The van der Waals surface area contributed by atoms with Crippen LogP contribution in [-0.2, 0) is 16.4 Å². The fourth-order valence-electron chi connectivity index (χ4n) is 2.76. The van der Waals surface area contributed by atoms with Gasteiger partial charge in [-0.3, -0.25) is 9.62 Å². The first-order chi connectivity index (χ1) is 11.9. The number of sulfonamides is 1. The average molecular weight is 356 g/mol. The molecule has 25 heavy (non-hydrogen) atoms. The molecule has 128 valence electrons. The largest absolute Gasteiger partial charge is 0.341 e. The Kier molecular flexibility index (Phi) is 4.33. The number of nitrogens with zero attached hydrogens (tertiary/aromatic N) is 2. The average Bonchev–Trinajstić information content (AvgIpc) is 3.04. The molecule has 1 aliphatic rings. The Hall–Kier alpha value is -3.05. The van der Waals surface area contributed by atoms with E-state index in [4.69, 9.17) is 5.26 Å². The van der Waals surface area contributed by atoms with E-state index in [0.29, 0.717) is 29.9 Å². The van der Waals surface area contributed by atoms with Gasteiger partial charge in [0.15, 0.2) is 0 Å². The predicted molar refractivity (Wildman–Crippen MR) is 93.9 cm³/mol. The zero-order valence-corrected chi connectivity index (χ0v) is 14.3. The maximum absolute atomic E-state index is 12.6. The summed E-state index contributed by atoms with van der Waals surface area (Å²) in [5, 5.41) is 11.5. The van der Waals surface area contributed by atoms with Crippen LogP contribution in [0.15, 0.2) is 47.4 Å². The van der Waals surface area contributed by atoms with Crippen LogP contribution in [0, 0.1) is 11.3 Å². The van der Waals surface area contributed by atoms with E-state index in [1.165, 1.54) is 12.1 Å². The summed E-state index contributed by atoms with van der Waals surface area (Å²) in [5.41, 5.74) is 2.21. The Balaban J connectivity index is 1.89. The number of hydrogen-bond acceptors (Lipinski definition) is 4. The molecular formula is C17H16N4O3S. The second-order valence-electron chi connectivity index (χ2n) is 5.55. The molecule has 0 spiro atoms. The van der Waals surface area contributed by atoms with Crippen LogP contribution < -0.4 is 14.9 Å². The summed E-state index contributed by atoms with van der Waals surface area (Å²) < 4.78 is 27.6. The van der Waals surface area contributed by atoms with E-state index in [1.807, 2.05) is 6.07 Å². The number of urea groups is 1. The van der Waals surface area contributed by atoms with Crippen molar-refractivity contribution >= 4 is 27.4 Å². The third-order valence-corrected chi connectivity index (χ3v) is 5.34. The van der Waals surface area contributed by atoms with Gasteiger partial charge in [-0.2, -0.15) is 5.26 Å². The van der Waals surface area contributed by atoms with E-state index in [-0.39, 0.29) is 10.9 Å². The smallest absolute Gasteiger partial charge is 0.321 e. The standard InChI is InChI=1S/C17H16N4O3S/c1-19-17(22)21-8-7-13-10-15(5-6-16(13)21)25(23,24)20-14-4-2-3-12(9-14)11-18/h2-6,9-10,20H,7-8H2,1H3,(H,19,22). The number of benzene rings is 2. The fourth-order valence-corrected chi connectivity index (χ4v) is 3.86. The monoisotopic (exact) mass is 356 g/mol. The molecule has 0 saturated carbocycles. The molecule has 2 aromatic rings. The molecule has 0 unspecified atom stereocenters. The lowest BCUT2D eigenvalue weighted by molar-refractivity contribution is 0.248. The summed E-state index contributed by atoms with van der Waals surface area (Å²) in [4.78, 5) is 13.5. The molecule has 0 bridgehead atoms. The number of carbonyl (C=O) groups is 1. The summed E-state index contributed by atoms with van der Waals surface area (Å²) in [6.45, 7) is 0.510. The highest BCUT2D eigenvalue weighted by molar-refractivity contribution is 7.92. The number of nitrogens with one attached hydrogen (secondary N) is 2. The van der Waals surface area contributed by atoms with Crippen LogP contribution >= 0.6 is 0 Å². The molecule has 1 aliphatic heterocycles. The maximum Gasteiger partial charge on any atom is 0.321 e. The molecule has 8 heteroatoms. The van der Waals surface area contributed by atoms with Gasteiger partial charge in [-0.05, 0) is 48.4 Å². The van der Waals surface area contributed by atoms with Crippen LogP contribution in [0.25, 0.3) is 0 Å². The highest BCUT2D eigenvalue weighted by Gasteiger charge is 2.26. The Bertz CT molecular complexity index is 980. The summed E-state index contributed by atoms with van der Waals surface area (Å²) in [6, 6.07) is 12.7. The van der Waals surface area contributed by atoms with Crippen molar-refractivity contribution < 1.29 is 13.2 Å². The lowest BCUT2D eigenvalue weighted by atomic mass is 10.2. The lowest BCUT2D eigenvalue weighted by Crippen LogP contribution is -2.36. The highest BCUT2D eigenvalue weighted by Crippen LogP contribution is 2.30. The van der Waals surface area contributed by atoms with Crippen molar-refractivity contribution in [3.05, 3.63) is 53.6 Å². The van der Waals surface area contributed by atoms with E-state index in [9.17, 15) is 13.2 Å². The topological polar surface area (TPSA) is 102 Å². The summed E-state index contributed by atoms with van der Waals surface area (Å²) in [7, 11) is -2.23. The first-order valence-corrected chi connectivity index (χ1v) is 9.08. The number of rotatable bonds is 3. The number of carbonyl (C=O) groups excluding carboxylic acids is 1. The van der Waals surface area contributed by atoms with Crippen LogP contribution in [0.5, 0.6) is 0 Å². The molecule has 2 aromatic carbocycles. The zero-order valence-electron chi connectivity index (χ0n) is 13.5. The fraction of sp³-hybridized carbons (Fsp3) is 0.176. The van der Waals surface area contributed by atoms with E-state index in [2.05, 4.69) is 10.0 Å². The van der Waals surface area contributed by atoms with Gasteiger partial charge in [-0.25, -0.2) is 13.2 Å². The van der Waals surface area contributed by atoms with E-state index in [0.717, 1.165) is 5.56 Å². The van der Waals surface area contributed by atoms with Gasteiger partial charge in [0.05, 0.1) is 22.2 Å². The Labute approximate surface area is 145 Å². The van der Waals surface area contributed by atoms with Gasteiger partial charge in [0, 0.05) is 19.3 Å². The molecular weight excluding hydrogens is 340 g/mol. The zero-order chi connectivity index (χ0) is 18.0. The molecule has 0 saturated heterocycles. The Morgan fingerprint density at radius 3 is 2.76 bits per heavy atom. The summed E-state index contributed by atoms with van der Waals surface area (Å²) in [6.07, 6.45) is 0.593. The quantitative estimate of drug-likeness (QED) is 0.879. The second-order valence-corrected chi connectivity index (χ2v) is 7.23. The normalized spacial score (nSPS) is 13.0. The van der Waals surface area contributed by atoms with Crippen molar-refractivity contribution in [2.45, 2.75) is 11.3 Å². The van der Waals surface area contributed by atoms with Gasteiger partial charge >= 0.3 is 6.03 Å². The lowest BCUT2D eigenvalue weighted by Gasteiger charge is -2.16. The molecule has 0 radical (unpaired) electrons. The van der Waals surface area contributed by atoms with Crippen molar-refractivity contribution in [3.8, 4) is 6.07 Å². The van der Waals surface area contributed by atoms with Gasteiger partial charge < -0.3 is 5.32 Å². The first kappa shape index (κ1) is 16.8. The van der Waals surface area contributed by atoms with Crippen LogP contribution in [0.3, 0.4) is 0 Å². The van der Waals surface area contributed by atoms with Crippen LogP contribution in [0.2, 0.25) is 0 Å². The molecule has 2 N–H and O–H groups in total. The summed E-state index contributed by atoms with van der Waals surface area (Å²) in [5.74, 6) is 0. The van der Waals surface area contributed by atoms with Gasteiger partial charge in [-0.1, -0.05) is 6.07 Å². The van der Waals surface area contributed by atoms with Crippen molar-refractivity contribution in [1.82, 2.24) is 5.32 Å². The van der Waals surface area contributed by atoms with Crippen LogP contribution in [0.4, 0.5) is 16.2 Å². The molecule has 0 fully saturated rings. The van der Waals surface area contributed by atoms with E-state index < -0.39 is 10.0 Å². The number of anilines is 2. The number of nitriles is 1. The number of hydrogen-bond donors (Lipinski definition) is 2. The van der Waals surface area contributed by atoms with Gasteiger partial charge in [0.2, 0.25) is 0 Å². The molecule has 0 aromatic heterocycles. The molecule has 7 nitrogen and oxygen atoms in total. The molecule has 0 atom stereocenters. The Morgan fingerprint density at radius 1 is 1.24 bits per heavy atom. The molecule has 3 rings (SSSR count). The highest BCUT2D eigenvalue weighted by atomic mass is 32.2. The minimum Gasteiger partial charge on any atom is -0.341 e. The maximum atomic E-state index is 12.6. The van der Waals surface area contributed by atoms with Crippen molar-refractivity contribution in [2.24, 2.45) is 0 Å². The molecule has 0 aliphatic carbocycles. The minimum atomic E-state index is -3.78. The van der Waals surface area contributed by atoms with Crippen molar-refractivity contribution in [2.75, 3.05) is 23.2 Å². The minimum absolute atomic E-state index is 0.118. The number of fused-ring (bicyclic) bond motifs is 1. The van der Waals surface area contributed by atoms with Crippen LogP contribution in [0.1, 0.15) is 11.1 Å².